The molecule has 0 saturated carbocycles. The van der Waals surface area contributed by atoms with Crippen LogP contribution in [0.2, 0.25) is 5.02 Å². The molecule has 3 rings (SSSR count). The lowest BCUT2D eigenvalue weighted by molar-refractivity contribution is 0.0766. The normalized spacial score (nSPS) is 13.9. The number of hydrogen-bond acceptors (Lipinski definition) is 3. The molecule has 0 radical (unpaired) electrons. The van der Waals surface area contributed by atoms with Gasteiger partial charge in [0.15, 0.2) is 0 Å². The number of ether oxygens (including phenoxy) is 1. The molecule has 2 aromatic carbocycles. The number of halogens is 1. The largest absolute Gasteiger partial charge is 0.490 e. The summed E-state index contributed by atoms with van der Waals surface area (Å²) in [6, 6.07) is 14.8. The lowest BCUT2D eigenvalue weighted by Gasteiger charge is -2.27. The van der Waals surface area contributed by atoms with E-state index in [-0.39, 0.29) is 12.0 Å². The second-order valence-electron chi connectivity index (χ2n) is 6.73. The smallest absolute Gasteiger partial charge is 0.257 e. The molecular weight excluding hydrogens is 360 g/mol. The third-order valence-electron chi connectivity index (χ3n) is 4.41. The van der Waals surface area contributed by atoms with E-state index in [9.17, 15) is 10.1 Å². The minimum Gasteiger partial charge on any atom is -0.490 e. The minimum atomic E-state index is -0.117. The fourth-order valence-electron chi connectivity index (χ4n) is 3.07. The molecule has 0 spiro atoms. The monoisotopic (exact) mass is 380 g/mol. The third-order valence-corrected chi connectivity index (χ3v) is 4.67. The summed E-state index contributed by atoms with van der Waals surface area (Å²) in [6.45, 7) is 4.96. The maximum atomic E-state index is 13.0. The van der Waals surface area contributed by atoms with Crippen LogP contribution in [0.4, 0.5) is 0 Å². The molecule has 1 amide bonds. The highest BCUT2D eigenvalue weighted by atomic mass is 35.5. The zero-order valence-electron chi connectivity index (χ0n) is 15.4. The zero-order valence-corrected chi connectivity index (χ0v) is 16.2. The molecule has 0 N–H and O–H groups in total. The van der Waals surface area contributed by atoms with Gasteiger partial charge in [-0.3, -0.25) is 4.79 Å². The summed E-state index contributed by atoms with van der Waals surface area (Å²) in [5.74, 6) is 0.399. The highest BCUT2D eigenvalue weighted by Gasteiger charge is 2.23. The van der Waals surface area contributed by atoms with E-state index in [0.29, 0.717) is 35.0 Å². The van der Waals surface area contributed by atoms with Gasteiger partial charge in [0.05, 0.1) is 23.3 Å². The van der Waals surface area contributed by atoms with E-state index in [1.807, 2.05) is 38.1 Å². The third kappa shape index (κ3) is 4.50. The summed E-state index contributed by atoms with van der Waals surface area (Å²) >= 11 is 5.95. The van der Waals surface area contributed by atoms with Gasteiger partial charge in [-0.2, -0.15) is 5.26 Å². The van der Waals surface area contributed by atoms with Crippen molar-refractivity contribution < 1.29 is 9.53 Å². The first-order valence-electron chi connectivity index (χ1n) is 8.93. The molecule has 1 aliphatic rings. The van der Waals surface area contributed by atoms with E-state index >= 15 is 0 Å². The molecule has 138 valence electrons. The van der Waals surface area contributed by atoms with Crippen molar-refractivity contribution >= 4 is 23.1 Å². The van der Waals surface area contributed by atoms with Crippen LogP contribution in [-0.2, 0) is 0 Å². The summed E-state index contributed by atoms with van der Waals surface area (Å²) in [6.07, 6.45) is 2.79. The van der Waals surface area contributed by atoms with Crippen molar-refractivity contribution in [1.29, 1.82) is 5.26 Å². The number of carbonyl (C=O) groups excluding carboxylic acids is 1. The molecule has 0 aromatic heterocycles. The number of rotatable bonds is 4. The summed E-state index contributed by atoms with van der Waals surface area (Å²) in [4.78, 5) is 14.8. The zero-order chi connectivity index (χ0) is 19.4. The van der Waals surface area contributed by atoms with Crippen molar-refractivity contribution in [2.24, 2.45) is 0 Å². The first kappa shape index (κ1) is 19.0. The predicted octanol–water partition coefficient (Wildman–Crippen LogP) is 4.93. The summed E-state index contributed by atoms with van der Waals surface area (Å²) in [7, 11) is 0. The highest BCUT2D eigenvalue weighted by Crippen LogP contribution is 2.27. The Morgan fingerprint density at radius 1 is 1.22 bits per heavy atom. The number of amides is 1. The van der Waals surface area contributed by atoms with E-state index in [1.54, 1.807) is 23.1 Å². The molecule has 4 nitrogen and oxygen atoms in total. The van der Waals surface area contributed by atoms with Crippen molar-refractivity contribution in [3.63, 3.8) is 0 Å². The van der Waals surface area contributed by atoms with Gasteiger partial charge in [0.1, 0.15) is 5.75 Å². The van der Waals surface area contributed by atoms with Crippen LogP contribution in [0.3, 0.4) is 0 Å². The fourth-order valence-corrected chi connectivity index (χ4v) is 3.20. The molecule has 0 bridgehead atoms. The van der Waals surface area contributed by atoms with Gasteiger partial charge in [-0.25, -0.2) is 0 Å². The molecule has 5 heteroatoms. The molecule has 0 atom stereocenters. The maximum Gasteiger partial charge on any atom is 0.257 e. The summed E-state index contributed by atoms with van der Waals surface area (Å²) < 4.78 is 5.77. The van der Waals surface area contributed by atoms with Crippen LogP contribution in [0.25, 0.3) is 5.57 Å². The summed E-state index contributed by atoms with van der Waals surface area (Å²) in [5.41, 5.74) is 3.22. The Balaban J connectivity index is 1.81. The van der Waals surface area contributed by atoms with Crippen molar-refractivity contribution in [2.45, 2.75) is 26.4 Å². The van der Waals surface area contributed by atoms with Crippen LogP contribution in [0.1, 0.15) is 41.8 Å². The Morgan fingerprint density at radius 3 is 2.56 bits per heavy atom. The minimum absolute atomic E-state index is 0.0535. The standard InChI is InChI=1S/C22H21ClN2O2/c1-15(2)27-21-8-3-16(14-24)13-20(21)22(26)25-11-9-18(10-12-25)17-4-6-19(23)7-5-17/h3-9,13,15H,10-12H2,1-2H3. The van der Waals surface area contributed by atoms with Gasteiger partial charge in [0, 0.05) is 18.1 Å². The quantitative estimate of drug-likeness (QED) is 0.755. The number of nitrogens with zero attached hydrogens (tertiary/aromatic N) is 2. The second kappa shape index (κ2) is 8.28. The Bertz CT molecular complexity index is 911. The molecule has 0 fully saturated rings. The topological polar surface area (TPSA) is 53.3 Å². The van der Waals surface area contributed by atoms with E-state index in [1.165, 1.54) is 5.57 Å². The molecule has 0 unspecified atom stereocenters. The van der Waals surface area contributed by atoms with Crippen LogP contribution < -0.4 is 4.74 Å². The van der Waals surface area contributed by atoms with Gasteiger partial charge in [0.25, 0.3) is 5.91 Å². The lowest BCUT2D eigenvalue weighted by Crippen LogP contribution is -2.35. The average molecular weight is 381 g/mol. The molecule has 1 aliphatic heterocycles. The number of nitriles is 1. The number of hydrogen-bond donors (Lipinski definition) is 0. The lowest BCUT2D eigenvalue weighted by atomic mass is 9.99. The molecule has 0 saturated heterocycles. The van der Waals surface area contributed by atoms with E-state index < -0.39 is 0 Å². The number of benzene rings is 2. The molecule has 2 aromatic rings. The SMILES string of the molecule is CC(C)Oc1ccc(C#N)cc1C(=O)N1CC=C(c2ccc(Cl)cc2)CC1. The van der Waals surface area contributed by atoms with Crippen molar-refractivity contribution in [1.82, 2.24) is 4.90 Å². The van der Waals surface area contributed by atoms with Crippen LogP contribution in [0.15, 0.2) is 48.5 Å². The molecular formula is C22H21ClN2O2. The van der Waals surface area contributed by atoms with Crippen molar-refractivity contribution in [3.05, 3.63) is 70.3 Å². The summed E-state index contributed by atoms with van der Waals surface area (Å²) in [5, 5.41) is 9.88. The molecule has 1 heterocycles. The first-order chi connectivity index (χ1) is 13.0. The van der Waals surface area contributed by atoms with Gasteiger partial charge in [-0.15, -0.1) is 0 Å². The van der Waals surface area contributed by atoms with Gasteiger partial charge >= 0.3 is 0 Å². The van der Waals surface area contributed by atoms with Gasteiger partial charge in [0.2, 0.25) is 0 Å². The van der Waals surface area contributed by atoms with Crippen LogP contribution in [0, 0.1) is 11.3 Å². The van der Waals surface area contributed by atoms with Crippen LogP contribution in [0.5, 0.6) is 5.75 Å². The second-order valence-corrected chi connectivity index (χ2v) is 7.16. The Kier molecular flexibility index (Phi) is 5.83. The first-order valence-corrected chi connectivity index (χ1v) is 9.31. The Labute approximate surface area is 164 Å². The van der Waals surface area contributed by atoms with Crippen LogP contribution in [-0.4, -0.2) is 30.0 Å². The number of carbonyl (C=O) groups is 1. The highest BCUT2D eigenvalue weighted by molar-refractivity contribution is 6.30. The van der Waals surface area contributed by atoms with Gasteiger partial charge < -0.3 is 9.64 Å². The Hall–Kier alpha value is -2.77. The maximum absolute atomic E-state index is 13.0. The van der Waals surface area contributed by atoms with E-state index in [2.05, 4.69) is 12.1 Å². The predicted molar refractivity (Wildman–Crippen MR) is 107 cm³/mol. The van der Waals surface area contributed by atoms with E-state index in [4.69, 9.17) is 16.3 Å². The Morgan fingerprint density at radius 2 is 1.96 bits per heavy atom. The molecule has 27 heavy (non-hydrogen) atoms. The van der Waals surface area contributed by atoms with Crippen molar-refractivity contribution in [2.75, 3.05) is 13.1 Å². The average Bonchev–Trinajstić information content (AvgIpc) is 2.68. The molecule has 0 aliphatic carbocycles. The van der Waals surface area contributed by atoms with E-state index in [0.717, 1.165) is 12.0 Å². The van der Waals surface area contributed by atoms with Gasteiger partial charge in [-0.1, -0.05) is 29.8 Å². The fraction of sp³-hybridized carbons (Fsp3) is 0.273. The van der Waals surface area contributed by atoms with Crippen molar-refractivity contribution in [3.8, 4) is 11.8 Å². The van der Waals surface area contributed by atoms with Gasteiger partial charge in [-0.05, 0) is 61.7 Å². The van der Waals surface area contributed by atoms with Crippen LogP contribution >= 0.6 is 11.6 Å².